The van der Waals surface area contributed by atoms with E-state index in [9.17, 15) is 4.79 Å². The SMILES string of the molecule is O=C1CC=C(c2cc3ccccc3s2)CC1. The molecule has 0 radical (unpaired) electrons. The Morgan fingerprint density at radius 3 is 2.75 bits per heavy atom. The minimum absolute atomic E-state index is 0.366. The highest BCUT2D eigenvalue weighted by Gasteiger charge is 2.13. The van der Waals surface area contributed by atoms with Crippen molar-refractivity contribution in [2.24, 2.45) is 0 Å². The topological polar surface area (TPSA) is 17.1 Å². The maximum atomic E-state index is 11.2. The quantitative estimate of drug-likeness (QED) is 0.720. The van der Waals surface area contributed by atoms with Crippen molar-refractivity contribution >= 4 is 32.8 Å². The monoisotopic (exact) mass is 228 g/mol. The summed E-state index contributed by atoms with van der Waals surface area (Å²) in [6, 6.07) is 10.7. The molecule has 2 heteroatoms. The molecule has 0 amide bonds. The van der Waals surface area contributed by atoms with Gasteiger partial charge in [0.2, 0.25) is 0 Å². The van der Waals surface area contributed by atoms with Gasteiger partial charge in [0.25, 0.3) is 0 Å². The molecule has 3 rings (SSSR count). The second kappa shape index (κ2) is 3.87. The van der Waals surface area contributed by atoms with Crippen molar-refractivity contribution < 1.29 is 4.79 Å². The molecule has 1 aliphatic rings. The van der Waals surface area contributed by atoms with E-state index >= 15 is 0 Å². The van der Waals surface area contributed by atoms with E-state index in [2.05, 4.69) is 36.4 Å². The van der Waals surface area contributed by atoms with Gasteiger partial charge in [-0.1, -0.05) is 24.3 Å². The smallest absolute Gasteiger partial charge is 0.137 e. The molecule has 80 valence electrons. The molecule has 1 aromatic heterocycles. The van der Waals surface area contributed by atoms with Gasteiger partial charge < -0.3 is 0 Å². The first kappa shape index (κ1) is 9.79. The van der Waals surface area contributed by atoms with Gasteiger partial charge in [-0.15, -0.1) is 11.3 Å². The highest BCUT2D eigenvalue weighted by atomic mass is 32.1. The van der Waals surface area contributed by atoms with E-state index in [-0.39, 0.29) is 0 Å². The normalized spacial score (nSPS) is 16.5. The Morgan fingerprint density at radius 1 is 1.12 bits per heavy atom. The summed E-state index contributed by atoms with van der Waals surface area (Å²) in [4.78, 5) is 12.5. The number of fused-ring (bicyclic) bond motifs is 1. The van der Waals surface area contributed by atoms with Gasteiger partial charge in [0.05, 0.1) is 0 Å². The highest BCUT2D eigenvalue weighted by molar-refractivity contribution is 7.20. The standard InChI is InChI=1S/C14H12OS/c15-12-7-5-10(6-8-12)14-9-11-3-1-2-4-13(11)16-14/h1-5,9H,6-8H2. The number of Topliss-reactive ketones (excluding diaryl/α,β-unsaturated/α-hetero) is 1. The summed E-state index contributed by atoms with van der Waals surface area (Å²) in [6.45, 7) is 0. The summed E-state index contributed by atoms with van der Waals surface area (Å²) in [5.74, 6) is 0.366. The number of carbonyl (C=O) groups excluding carboxylic acids is 1. The van der Waals surface area contributed by atoms with Crippen molar-refractivity contribution in [1.29, 1.82) is 0 Å². The second-order valence-corrected chi connectivity index (χ2v) is 5.20. The number of hydrogen-bond donors (Lipinski definition) is 0. The molecule has 0 bridgehead atoms. The summed E-state index contributed by atoms with van der Waals surface area (Å²) in [7, 11) is 0. The number of benzene rings is 1. The molecule has 0 spiro atoms. The molecular weight excluding hydrogens is 216 g/mol. The van der Waals surface area contributed by atoms with Crippen LogP contribution in [0.5, 0.6) is 0 Å². The van der Waals surface area contributed by atoms with Crippen molar-refractivity contribution in [3.05, 3.63) is 41.3 Å². The van der Waals surface area contributed by atoms with Gasteiger partial charge >= 0.3 is 0 Å². The molecule has 16 heavy (non-hydrogen) atoms. The van der Waals surface area contributed by atoms with Crippen LogP contribution in [0.3, 0.4) is 0 Å². The van der Waals surface area contributed by atoms with E-state index < -0.39 is 0 Å². The van der Waals surface area contributed by atoms with E-state index in [1.807, 2.05) is 11.3 Å². The summed E-state index contributed by atoms with van der Waals surface area (Å²) >= 11 is 1.83. The van der Waals surface area contributed by atoms with Crippen molar-refractivity contribution in [2.45, 2.75) is 19.3 Å². The highest BCUT2D eigenvalue weighted by Crippen LogP contribution is 2.34. The van der Waals surface area contributed by atoms with Crippen LogP contribution in [0, 0.1) is 0 Å². The van der Waals surface area contributed by atoms with Crippen LogP contribution in [0.2, 0.25) is 0 Å². The average molecular weight is 228 g/mol. The van der Waals surface area contributed by atoms with Gasteiger partial charge in [0, 0.05) is 22.4 Å². The molecule has 0 saturated heterocycles. The molecule has 0 aliphatic heterocycles. The largest absolute Gasteiger partial charge is 0.299 e. The van der Waals surface area contributed by atoms with Gasteiger partial charge in [0.15, 0.2) is 0 Å². The van der Waals surface area contributed by atoms with Gasteiger partial charge in [0.1, 0.15) is 5.78 Å². The zero-order chi connectivity index (χ0) is 11.0. The lowest BCUT2D eigenvalue weighted by Gasteiger charge is -2.09. The first-order chi connectivity index (χ1) is 7.83. The van der Waals surface area contributed by atoms with Crippen LogP contribution in [0.15, 0.2) is 36.4 Å². The van der Waals surface area contributed by atoms with Crippen molar-refractivity contribution in [1.82, 2.24) is 0 Å². The van der Waals surface area contributed by atoms with Crippen LogP contribution in [-0.4, -0.2) is 5.78 Å². The fourth-order valence-corrected chi connectivity index (χ4v) is 3.21. The maximum Gasteiger partial charge on any atom is 0.137 e. The minimum atomic E-state index is 0.366. The van der Waals surface area contributed by atoms with Crippen LogP contribution in [0.25, 0.3) is 15.7 Å². The van der Waals surface area contributed by atoms with E-state index in [0.717, 1.165) is 6.42 Å². The molecule has 1 nitrogen and oxygen atoms in total. The Morgan fingerprint density at radius 2 is 2.00 bits per heavy atom. The third kappa shape index (κ3) is 1.69. The molecule has 1 heterocycles. The predicted molar refractivity (Wildman–Crippen MR) is 68.7 cm³/mol. The van der Waals surface area contributed by atoms with E-state index in [1.54, 1.807) is 0 Å². The van der Waals surface area contributed by atoms with Crippen LogP contribution in [0.1, 0.15) is 24.1 Å². The zero-order valence-corrected chi connectivity index (χ0v) is 9.72. The molecule has 1 aliphatic carbocycles. The van der Waals surface area contributed by atoms with Crippen LogP contribution >= 0.6 is 11.3 Å². The Bertz CT molecular complexity index is 544. The lowest BCUT2D eigenvalue weighted by molar-refractivity contribution is -0.118. The molecule has 2 aromatic rings. The van der Waals surface area contributed by atoms with E-state index in [4.69, 9.17) is 0 Å². The minimum Gasteiger partial charge on any atom is -0.299 e. The molecule has 1 aromatic carbocycles. The van der Waals surface area contributed by atoms with Crippen LogP contribution in [-0.2, 0) is 4.79 Å². The van der Waals surface area contributed by atoms with E-state index in [1.165, 1.54) is 20.5 Å². The lowest BCUT2D eigenvalue weighted by Crippen LogP contribution is -2.01. The number of rotatable bonds is 1. The second-order valence-electron chi connectivity index (χ2n) is 4.12. The van der Waals surface area contributed by atoms with Crippen molar-refractivity contribution in [2.75, 3.05) is 0 Å². The number of hydrogen-bond acceptors (Lipinski definition) is 2. The fourth-order valence-electron chi connectivity index (χ4n) is 2.08. The molecule has 0 saturated carbocycles. The maximum absolute atomic E-state index is 11.2. The number of ketones is 1. The van der Waals surface area contributed by atoms with Gasteiger partial charge in [-0.25, -0.2) is 0 Å². The third-order valence-electron chi connectivity index (χ3n) is 2.99. The number of allylic oxidation sites excluding steroid dienone is 2. The Labute approximate surface area is 98.4 Å². The Kier molecular flexibility index (Phi) is 2.37. The summed E-state index contributed by atoms with van der Waals surface area (Å²) in [5.41, 5.74) is 1.35. The third-order valence-corrected chi connectivity index (χ3v) is 4.18. The van der Waals surface area contributed by atoms with Gasteiger partial charge in [-0.05, 0) is 29.5 Å². The van der Waals surface area contributed by atoms with Crippen LogP contribution < -0.4 is 0 Å². The summed E-state index contributed by atoms with van der Waals surface area (Å²) in [6.07, 6.45) is 4.33. The van der Waals surface area contributed by atoms with E-state index in [0.29, 0.717) is 18.6 Å². The van der Waals surface area contributed by atoms with Crippen molar-refractivity contribution in [3.63, 3.8) is 0 Å². The average Bonchev–Trinajstić information content (AvgIpc) is 2.73. The Balaban J connectivity index is 2.03. The number of carbonyl (C=O) groups is 1. The lowest BCUT2D eigenvalue weighted by atomic mass is 9.97. The summed E-state index contributed by atoms with van der Waals surface area (Å²) in [5, 5.41) is 1.31. The van der Waals surface area contributed by atoms with Gasteiger partial charge in [-0.3, -0.25) is 4.79 Å². The predicted octanol–water partition coefficient (Wildman–Crippen LogP) is 4.04. The first-order valence-electron chi connectivity index (χ1n) is 5.52. The molecule has 0 fully saturated rings. The van der Waals surface area contributed by atoms with Crippen LogP contribution in [0.4, 0.5) is 0 Å². The summed E-state index contributed by atoms with van der Waals surface area (Å²) < 4.78 is 1.33. The van der Waals surface area contributed by atoms with Gasteiger partial charge in [-0.2, -0.15) is 0 Å². The molecule has 0 unspecified atom stereocenters. The molecule has 0 atom stereocenters. The molecule has 0 N–H and O–H groups in total. The van der Waals surface area contributed by atoms with Crippen molar-refractivity contribution in [3.8, 4) is 0 Å². The zero-order valence-electron chi connectivity index (χ0n) is 8.90. The Hall–Kier alpha value is -1.41. The number of thiophene rings is 1. The fraction of sp³-hybridized carbons (Fsp3) is 0.214. The molecular formula is C14H12OS. The first-order valence-corrected chi connectivity index (χ1v) is 6.34.